The molecule has 0 aliphatic carbocycles. The number of hydrogen-bond donors (Lipinski definition) is 0. The van der Waals surface area contributed by atoms with Gasteiger partial charge in [0.25, 0.3) is 5.91 Å². The SMILES string of the molecule is CON(C)C(=O)c1c(C)cncc1Cl. The highest BCUT2D eigenvalue weighted by molar-refractivity contribution is 6.33. The molecule has 1 rings (SSSR count). The lowest BCUT2D eigenvalue weighted by Gasteiger charge is -2.15. The molecule has 0 N–H and O–H groups in total. The van der Waals surface area contributed by atoms with E-state index in [2.05, 4.69) is 4.98 Å². The number of hydroxylamine groups is 2. The van der Waals surface area contributed by atoms with Gasteiger partial charge in [0, 0.05) is 19.4 Å². The fourth-order valence-corrected chi connectivity index (χ4v) is 1.33. The number of rotatable bonds is 2. The number of carbonyl (C=O) groups is 1. The zero-order chi connectivity index (χ0) is 10.7. The molecule has 0 unspecified atom stereocenters. The first kappa shape index (κ1) is 10.9. The maximum Gasteiger partial charge on any atom is 0.279 e. The van der Waals surface area contributed by atoms with Crippen molar-refractivity contribution < 1.29 is 9.63 Å². The Morgan fingerprint density at radius 3 is 2.71 bits per heavy atom. The molecule has 4 nitrogen and oxygen atoms in total. The standard InChI is InChI=1S/C9H11ClN2O2/c1-6-4-11-5-7(10)8(6)9(13)12(2)14-3/h4-5H,1-3H3. The van der Waals surface area contributed by atoms with E-state index in [9.17, 15) is 4.79 Å². The zero-order valence-electron chi connectivity index (χ0n) is 8.24. The van der Waals surface area contributed by atoms with E-state index in [0.29, 0.717) is 10.6 Å². The minimum absolute atomic E-state index is 0.280. The van der Waals surface area contributed by atoms with Crippen molar-refractivity contribution in [2.75, 3.05) is 14.2 Å². The van der Waals surface area contributed by atoms with E-state index in [1.807, 2.05) is 0 Å². The minimum atomic E-state index is -0.280. The van der Waals surface area contributed by atoms with Crippen LogP contribution in [-0.4, -0.2) is 30.1 Å². The normalized spacial score (nSPS) is 10.0. The van der Waals surface area contributed by atoms with Crippen LogP contribution in [0.1, 0.15) is 15.9 Å². The second kappa shape index (κ2) is 4.39. The molecule has 0 atom stereocenters. The average molecular weight is 215 g/mol. The Labute approximate surface area is 87.4 Å². The van der Waals surface area contributed by atoms with Gasteiger partial charge in [-0.2, -0.15) is 0 Å². The van der Waals surface area contributed by atoms with E-state index >= 15 is 0 Å². The van der Waals surface area contributed by atoms with Crippen LogP contribution < -0.4 is 0 Å². The first-order valence-corrected chi connectivity index (χ1v) is 4.38. The van der Waals surface area contributed by atoms with Crippen LogP contribution in [0.15, 0.2) is 12.4 Å². The van der Waals surface area contributed by atoms with Crippen LogP contribution in [0.2, 0.25) is 5.02 Å². The Bertz CT molecular complexity index is 334. The summed E-state index contributed by atoms with van der Waals surface area (Å²) >= 11 is 5.86. The van der Waals surface area contributed by atoms with Crippen LogP contribution in [0.5, 0.6) is 0 Å². The summed E-state index contributed by atoms with van der Waals surface area (Å²) in [6.07, 6.45) is 3.02. The van der Waals surface area contributed by atoms with Gasteiger partial charge in [0.2, 0.25) is 0 Å². The molecule has 0 aliphatic heterocycles. The van der Waals surface area contributed by atoms with Crippen LogP contribution in [0.4, 0.5) is 0 Å². The summed E-state index contributed by atoms with van der Waals surface area (Å²) < 4.78 is 0. The molecule has 0 saturated carbocycles. The third-order valence-corrected chi connectivity index (χ3v) is 2.15. The predicted molar refractivity (Wildman–Crippen MR) is 53.1 cm³/mol. The lowest BCUT2D eigenvalue weighted by Crippen LogP contribution is -2.26. The Morgan fingerprint density at radius 1 is 1.57 bits per heavy atom. The average Bonchev–Trinajstić information content (AvgIpc) is 2.16. The summed E-state index contributed by atoms with van der Waals surface area (Å²) in [7, 11) is 2.95. The fourth-order valence-electron chi connectivity index (χ4n) is 1.04. The maximum atomic E-state index is 11.7. The second-order valence-electron chi connectivity index (χ2n) is 2.80. The molecule has 0 aromatic carbocycles. The van der Waals surface area contributed by atoms with Gasteiger partial charge in [0.15, 0.2) is 0 Å². The van der Waals surface area contributed by atoms with Gasteiger partial charge in [-0.15, -0.1) is 0 Å². The highest BCUT2D eigenvalue weighted by Gasteiger charge is 2.17. The van der Waals surface area contributed by atoms with Gasteiger partial charge in [-0.1, -0.05) is 11.6 Å². The molecule has 1 heterocycles. The van der Waals surface area contributed by atoms with Crippen molar-refractivity contribution in [2.24, 2.45) is 0 Å². The van der Waals surface area contributed by atoms with E-state index in [4.69, 9.17) is 16.4 Å². The third-order valence-electron chi connectivity index (χ3n) is 1.86. The molecule has 5 heteroatoms. The summed E-state index contributed by atoms with van der Waals surface area (Å²) in [5, 5.41) is 1.45. The summed E-state index contributed by atoms with van der Waals surface area (Å²) in [6, 6.07) is 0. The van der Waals surface area contributed by atoms with Crippen molar-refractivity contribution in [3.8, 4) is 0 Å². The summed E-state index contributed by atoms with van der Waals surface area (Å²) in [4.78, 5) is 20.4. The second-order valence-corrected chi connectivity index (χ2v) is 3.21. The van der Waals surface area contributed by atoms with Gasteiger partial charge in [0.1, 0.15) is 0 Å². The molecular formula is C9H11ClN2O2. The van der Waals surface area contributed by atoms with Gasteiger partial charge < -0.3 is 0 Å². The number of carbonyl (C=O) groups excluding carboxylic acids is 1. The molecule has 14 heavy (non-hydrogen) atoms. The van der Waals surface area contributed by atoms with Crippen LogP contribution >= 0.6 is 11.6 Å². The Kier molecular flexibility index (Phi) is 3.43. The molecule has 0 bridgehead atoms. The predicted octanol–water partition coefficient (Wildman–Crippen LogP) is 1.68. The summed E-state index contributed by atoms with van der Waals surface area (Å²) in [5.41, 5.74) is 1.15. The van der Waals surface area contributed by atoms with Crippen molar-refractivity contribution in [3.05, 3.63) is 28.5 Å². The fraction of sp³-hybridized carbons (Fsp3) is 0.333. The van der Waals surface area contributed by atoms with Crippen LogP contribution in [0, 0.1) is 6.92 Å². The summed E-state index contributed by atoms with van der Waals surface area (Å²) in [6.45, 7) is 1.77. The number of aryl methyl sites for hydroxylation is 1. The Balaban J connectivity index is 3.12. The molecule has 1 aromatic heterocycles. The van der Waals surface area contributed by atoms with E-state index in [-0.39, 0.29) is 5.91 Å². The molecule has 1 amide bonds. The Hall–Kier alpha value is -1.13. The van der Waals surface area contributed by atoms with Crippen molar-refractivity contribution in [3.63, 3.8) is 0 Å². The van der Waals surface area contributed by atoms with Crippen molar-refractivity contribution >= 4 is 17.5 Å². The van der Waals surface area contributed by atoms with Crippen molar-refractivity contribution in [1.29, 1.82) is 0 Å². The Morgan fingerprint density at radius 2 is 2.21 bits per heavy atom. The molecule has 0 aliphatic rings. The van der Waals surface area contributed by atoms with E-state index < -0.39 is 0 Å². The molecule has 76 valence electrons. The third kappa shape index (κ3) is 2.02. The first-order valence-electron chi connectivity index (χ1n) is 4.00. The van der Waals surface area contributed by atoms with E-state index in [1.54, 1.807) is 13.1 Å². The molecule has 1 aromatic rings. The lowest BCUT2D eigenvalue weighted by molar-refractivity contribution is -0.0757. The number of halogens is 1. The number of amides is 1. The zero-order valence-corrected chi connectivity index (χ0v) is 9.00. The highest BCUT2D eigenvalue weighted by atomic mass is 35.5. The number of aromatic nitrogens is 1. The number of nitrogens with zero attached hydrogens (tertiary/aromatic N) is 2. The smallest absolute Gasteiger partial charge is 0.274 e. The van der Waals surface area contributed by atoms with Gasteiger partial charge in [-0.25, -0.2) is 5.06 Å². The minimum Gasteiger partial charge on any atom is -0.274 e. The van der Waals surface area contributed by atoms with E-state index in [1.165, 1.54) is 20.4 Å². The quantitative estimate of drug-likeness (QED) is 0.704. The number of pyridine rings is 1. The van der Waals surface area contributed by atoms with Crippen molar-refractivity contribution in [2.45, 2.75) is 6.92 Å². The molecule has 0 spiro atoms. The molecular weight excluding hydrogens is 204 g/mol. The van der Waals surface area contributed by atoms with Gasteiger partial charge in [-0.05, 0) is 12.5 Å². The van der Waals surface area contributed by atoms with Gasteiger partial charge in [-0.3, -0.25) is 14.6 Å². The van der Waals surface area contributed by atoms with Crippen LogP contribution in [-0.2, 0) is 4.84 Å². The highest BCUT2D eigenvalue weighted by Crippen LogP contribution is 2.19. The molecule has 0 saturated heterocycles. The monoisotopic (exact) mass is 214 g/mol. The van der Waals surface area contributed by atoms with Crippen LogP contribution in [0.3, 0.4) is 0 Å². The largest absolute Gasteiger partial charge is 0.279 e. The molecule has 0 radical (unpaired) electrons. The van der Waals surface area contributed by atoms with Crippen molar-refractivity contribution in [1.82, 2.24) is 10.0 Å². The number of hydrogen-bond acceptors (Lipinski definition) is 3. The lowest BCUT2D eigenvalue weighted by atomic mass is 10.1. The van der Waals surface area contributed by atoms with Gasteiger partial charge in [0.05, 0.1) is 17.7 Å². The maximum absolute atomic E-state index is 11.7. The topological polar surface area (TPSA) is 42.4 Å². The van der Waals surface area contributed by atoms with Crippen LogP contribution in [0.25, 0.3) is 0 Å². The van der Waals surface area contributed by atoms with E-state index in [0.717, 1.165) is 10.6 Å². The molecule has 0 fully saturated rings. The van der Waals surface area contributed by atoms with Gasteiger partial charge >= 0.3 is 0 Å². The summed E-state index contributed by atoms with van der Waals surface area (Å²) in [5.74, 6) is -0.280. The first-order chi connectivity index (χ1) is 6.57.